The van der Waals surface area contributed by atoms with E-state index in [9.17, 15) is 9.59 Å². The number of nitrogens with zero attached hydrogens (tertiary/aromatic N) is 1. The van der Waals surface area contributed by atoms with Crippen LogP contribution in [0.25, 0.3) is 11.3 Å². The van der Waals surface area contributed by atoms with Gasteiger partial charge in [0, 0.05) is 17.6 Å². The van der Waals surface area contributed by atoms with E-state index in [1.54, 1.807) is 18.2 Å². The number of benzene rings is 2. The van der Waals surface area contributed by atoms with Gasteiger partial charge in [0.15, 0.2) is 0 Å². The van der Waals surface area contributed by atoms with Gasteiger partial charge in [-0.1, -0.05) is 65.1 Å². The van der Waals surface area contributed by atoms with E-state index < -0.39 is 11.5 Å². The highest BCUT2D eigenvalue weighted by molar-refractivity contribution is 6.41. The zero-order chi connectivity index (χ0) is 19.6. The number of halogens is 3. The monoisotopic (exact) mass is 420 g/mol. The lowest BCUT2D eigenvalue weighted by Crippen LogP contribution is -2.32. The van der Waals surface area contributed by atoms with Crippen molar-refractivity contribution in [2.45, 2.75) is 6.54 Å². The first-order chi connectivity index (χ1) is 12.9. The van der Waals surface area contributed by atoms with E-state index in [0.29, 0.717) is 26.3 Å². The molecular formula is C20H15Cl3N2O2. The molecule has 3 aromatic rings. The molecule has 0 aliphatic rings. The molecule has 0 unspecified atom stereocenters. The van der Waals surface area contributed by atoms with Crippen molar-refractivity contribution >= 4 is 40.7 Å². The SMILES string of the molecule is CNC(=O)c1ccc(-c2c(Cl)cc(Cl)cc2Cl)n(Cc2ccccc2)c1=O. The third-order valence-electron chi connectivity index (χ3n) is 4.09. The van der Waals surface area contributed by atoms with E-state index in [4.69, 9.17) is 34.8 Å². The lowest BCUT2D eigenvalue weighted by atomic mass is 10.1. The molecule has 0 spiro atoms. The summed E-state index contributed by atoms with van der Waals surface area (Å²) in [7, 11) is 1.48. The second-order valence-corrected chi connectivity index (χ2v) is 7.08. The van der Waals surface area contributed by atoms with Crippen LogP contribution in [-0.4, -0.2) is 17.5 Å². The van der Waals surface area contributed by atoms with Crippen LogP contribution < -0.4 is 10.9 Å². The number of pyridine rings is 1. The fourth-order valence-electron chi connectivity index (χ4n) is 2.81. The molecule has 138 valence electrons. The minimum Gasteiger partial charge on any atom is -0.355 e. The first-order valence-electron chi connectivity index (χ1n) is 8.07. The molecule has 0 saturated heterocycles. The summed E-state index contributed by atoms with van der Waals surface area (Å²) in [5, 5.41) is 3.52. The molecule has 2 aromatic carbocycles. The summed E-state index contributed by atoms with van der Waals surface area (Å²) in [5.41, 5.74) is 1.50. The maximum atomic E-state index is 13.0. The van der Waals surface area contributed by atoms with Crippen LogP contribution in [0.1, 0.15) is 15.9 Å². The number of nitrogens with one attached hydrogen (secondary N) is 1. The van der Waals surface area contributed by atoms with Crippen molar-refractivity contribution < 1.29 is 4.79 Å². The minimum atomic E-state index is -0.457. The Labute approximate surface area is 171 Å². The molecule has 0 radical (unpaired) electrons. The Morgan fingerprint density at radius 3 is 2.22 bits per heavy atom. The lowest BCUT2D eigenvalue weighted by Gasteiger charge is -2.17. The van der Waals surface area contributed by atoms with Gasteiger partial charge < -0.3 is 9.88 Å². The fourth-order valence-corrected chi connectivity index (χ4v) is 3.82. The number of rotatable bonds is 4. The highest BCUT2D eigenvalue weighted by Crippen LogP contribution is 2.37. The number of hydrogen-bond donors (Lipinski definition) is 1. The summed E-state index contributed by atoms with van der Waals surface area (Å²) >= 11 is 18.7. The van der Waals surface area contributed by atoms with Crippen LogP contribution in [-0.2, 0) is 6.54 Å². The van der Waals surface area contributed by atoms with Crippen LogP contribution in [0.4, 0.5) is 0 Å². The van der Waals surface area contributed by atoms with Crippen molar-refractivity contribution in [3.63, 3.8) is 0 Å². The van der Waals surface area contributed by atoms with Crippen LogP contribution in [0.3, 0.4) is 0 Å². The molecule has 0 aliphatic carbocycles. The van der Waals surface area contributed by atoms with Crippen molar-refractivity contribution in [2.24, 2.45) is 0 Å². The van der Waals surface area contributed by atoms with Crippen molar-refractivity contribution in [3.8, 4) is 11.3 Å². The molecule has 3 rings (SSSR count). The number of carbonyl (C=O) groups is 1. The Balaban J connectivity index is 2.27. The number of carbonyl (C=O) groups excluding carboxylic acids is 1. The number of aromatic nitrogens is 1. The van der Waals surface area contributed by atoms with Gasteiger partial charge in [0.25, 0.3) is 11.5 Å². The molecule has 0 aliphatic heterocycles. The molecular weight excluding hydrogens is 407 g/mol. The topological polar surface area (TPSA) is 51.1 Å². The van der Waals surface area contributed by atoms with Crippen LogP contribution in [0.2, 0.25) is 15.1 Å². The highest BCUT2D eigenvalue weighted by Gasteiger charge is 2.19. The standard InChI is InChI=1S/C20H15Cl3N2O2/c1-24-19(26)14-7-8-17(18-15(22)9-13(21)10-16(18)23)25(20(14)27)11-12-5-3-2-4-6-12/h2-10H,11H2,1H3,(H,24,26). The largest absolute Gasteiger partial charge is 0.355 e. The minimum absolute atomic E-state index is 0.0402. The molecule has 1 amide bonds. The fraction of sp³-hybridized carbons (Fsp3) is 0.100. The molecule has 0 atom stereocenters. The van der Waals surface area contributed by atoms with Gasteiger partial charge in [-0.25, -0.2) is 0 Å². The Morgan fingerprint density at radius 1 is 1.00 bits per heavy atom. The number of hydrogen-bond acceptors (Lipinski definition) is 2. The molecule has 0 saturated carbocycles. The van der Waals surface area contributed by atoms with E-state index in [-0.39, 0.29) is 12.1 Å². The Hall–Kier alpha value is -2.27. The van der Waals surface area contributed by atoms with Crippen molar-refractivity contribution in [2.75, 3.05) is 7.05 Å². The smallest absolute Gasteiger partial charge is 0.264 e. The summed E-state index contributed by atoms with van der Waals surface area (Å²) in [6.45, 7) is 0.259. The van der Waals surface area contributed by atoms with Crippen molar-refractivity contribution in [1.82, 2.24) is 9.88 Å². The Bertz CT molecular complexity index is 1040. The quantitative estimate of drug-likeness (QED) is 0.652. The lowest BCUT2D eigenvalue weighted by molar-refractivity contribution is 0.0961. The summed E-state index contributed by atoms with van der Waals surface area (Å²) in [5.74, 6) is -0.457. The van der Waals surface area contributed by atoms with Crippen LogP contribution in [0, 0.1) is 0 Å². The summed E-state index contributed by atoms with van der Waals surface area (Å²) < 4.78 is 1.49. The third-order valence-corrected chi connectivity index (χ3v) is 4.91. The summed E-state index contributed by atoms with van der Waals surface area (Å²) in [6.07, 6.45) is 0. The molecule has 4 nitrogen and oxygen atoms in total. The van der Waals surface area contributed by atoms with Crippen LogP contribution >= 0.6 is 34.8 Å². The van der Waals surface area contributed by atoms with Crippen LogP contribution in [0.15, 0.2) is 59.4 Å². The summed E-state index contributed by atoms with van der Waals surface area (Å²) in [6, 6.07) is 15.7. The van der Waals surface area contributed by atoms with Crippen LogP contribution in [0.5, 0.6) is 0 Å². The average molecular weight is 422 g/mol. The molecule has 1 aromatic heterocycles. The van der Waals surface area contributed by atoms with Gasteiger partial charge in [-0.2, -0.15) is 0 Å². The maximum Gasteiger partial charge on any atom is 0.264 e. The van der Waals surface area contributed by atoms with E-state index in [0.717, 1.165) is 5.56 Å². The maximum absolute atomic E-state index is 13.0. The zero-order valence-corrected chi connectivity index (χ0v) is 16.6. The number of amides is 1. The molecule has 1 N–H and O–H groups in total. The van der Waals surface area contributed by atoms with Gasteiger partial charge in [-0.05, 0) is 29.8 Å². The first-order valence-corrected chi connectivity index (χ1v) is 9.20. The predicted molar refractivity (Wildman–Crippen MR) is 110 cm³/mol. The molecule has 0 fully saturated rings. The zero-order valence-electron chi connectivity index (χ0n) is 14.3. The first kappa shape index (κ1) is 19.5. The van der Waals surface area contributed by atoms with Gasteiger partial charge >= 0.3 is 0 Å². The molecule has 0 bridgehead atoms. The third kappa shape index (κ3) is 4.03. The Morgan fingerprint density at radius 2 is 1.63 bits per heavy atom. The molecule has 7 heteroatoms. The Kier molecular flexibility index (Phi) is 5.90. The summed E-state index contributed by atoms with van der Waals surface area (Å²) in [4.78, 5) is 25.1. The van der Waals surface area contributed by atoms with Gasteiger partial charge in [-0.15, -0.1) is 0 Å². The second kappa shape index (κ2) is 8.17. The van der Waals surface area contributed by atoms with Crippen molar-refractivity contribution in [1.29, 1.82) is 0 Å². The average Bonchev–Trinajstić information content (AvgIpc) is 2.64. The second-order valence-electron chi connectivity index (χ2n) is 5.83. The van der Waals surface area contributed by atoms with E-state index >= 15 is 0 Å². The predicted octanol–water partition coefficient (Wildman–Crippen LogP) is 4.88. The highest BCUT2D eigenvalue weighted by atomic mass is 35.5. The molecule has 27 heavy (non-hydrogen) atoms. The normalized spacial score (nSPS) is 10.7. The van der Waals surface area contributed by atoms with Gasteiger partial charge in [0.1, 0.15) is 5.56 Å². The molecule has 1 heterocycles. The van der Waals surface area contributed by atoms with E-state index in [1.165, 1.54) is 17.7 Å². The van der Waals surface area contributed by atoms with E-state index in [1.807, 2.05) is 30.3 Å². The van der Waals surface area contributed by atoms with Gasteiger partial charge in [0.05, 0.1) is 22.3 Å². The van der Waals surface area contributed by atoms with Gasteiger partial charge in [0.2, 0.25) is 0 Å². The van der Waals surface area contributed by atoms with Crippen molar-refractivity contribution in [3.05, 3.63) is 91.1 Å². The van der Waals surface area contributed by atoms with E-state index in [2.05, 4.69) is 5.32 Å². The van der Waals surface area contributed by atoms with Gasteiger partial charge in [-0.3, -0.25) is 9.59 Å².